The molecule has 2 rings (SSSR count). The van der Waals surface area contributed by atoms with E-state index in [1.54, 1.807) is 12.1 Å². The van der Waals surface area contributed by atoms with Gasteiger partial charge in [-0.1, -0.05) is 11.8 Å². The summed E-state index contributed by atoms with van der Waals surface area (Å²) in [7, 11) is 0. The summed E-state index contributed by atoms with van der Waals surface area (Å²) in [6, 6.07) is 6.21. The van der Waals surface area contributed by atoms with Gasteiger partial charge in [0.2, 0.25) is 0 Å². The average Bonchev–Trinajstić information content (AvgIpc) is 2.27. The molecule has 1 aliphatic rings. The first kappa shape index (κ1) is 16.2. The van der Waals surface area contributed by atoms with Crippen LogP contribution in [0.5, 0.6) is 0 Å². The summed E-state index contributed by atoms with van der Waals surface area (Å²) >= 11 is 0.477. The number of carbonyl (C=O) groups excluding carboxylic acids is 1. The number of nitrogens with one attached hydrogen (secondary N) is 2. The summed E-state index contributed by atoms with van der Waals surface area (Å²) in [6.45, 7) is 2.52. The van der Waals surface area contributed by atoms with Crippen molar-refractivity contribution in [2.45, 2.75) is 10.7 Å². The minimum absolute atomic E-state index is 0. The van der Waals surface area contributed by atoms with E-state index < -0.39 is 5.76 Å². The zero-order valence-electron chi connectivity index (χ0n) is 10.1. The normalized spacial score (nSPS) is 14.7. The molecule has 0 unspecified atom stereocenters. The Bertz CT molecular complexity index is 413. The second-order valence-corrected chi connectivity index (χ2v) is 5.20. The number of carbonyl (C=O) groups is 1. The van der Waals surface area contributed by atoms with Gasteiger partial charge in [-0.2, -0.15) is 8.78 Å². The molecule has 1 aromatic carbocycles. The van der Waals surface area contributed by atoms with Gasteiger partial charge in [-0.05, 0) is 24.3 Å². The highest BCUT2D eigenvalue weighted by Gasteiger charge is 2.17. The molecule has 0 radical (unpaired) electrons. The first-order valence-electron chi connectivity index (χ1n) is 5.69. The standard InChI is InChI=1S/C12H14F2N2OS.ClH/c13-12(14)18-10-3-1-9(2-4-10)11(17)16-7-8-5-15-6-8;/h1-4,8,12,15H,5-7H2,(H,16,17);1H. The van der Waals surface area contributed by atoms with Gasteiger partial charge in [0.05, 0.1) is 0 Å². The van der Waals surface area contributed by atoms with Crippen LogP contribution in [0.2, 0.25) is 0 Å². The van der Waals surface area contributed by atoms with Crippen molar-refractivity contribution in [1.82, 2.24) is 10.6 Å². The molecular weight excluding hydrogens is 294 g/mol. The molecule has 106 valence electrons. The minimum atomic E-state index is -2.43. The fourth-order valence-electron chi connectivity index (χ4n) is 1.62. The first-order valence-corrected chi connectivity index (χ1v) is 6.57. The van der Waals surface area contributed by atoms with Crippen LogP contribution >= 0.6 is 24.2 Å². The van der Waals surface area contributed by atoms with Crippen LogP contribution in [0.4, 0.5) is 8.78 Å². The zero-order chi connectivity index (χ0) is 13.0. The lowest BCUT2D eigenvalue weighted by Gasteiger charge is -2.27. The topological polar surface area (TPSA) is 41.1 Å². The van der Waals surface area contributed by atoms with E-state index in [0.717, 1.165) is 13.1 Å². The largest absolute Gasteiger partial charge is 0.352 e. The number of hydrogen-bond acceptors (Lipinski definition) is 3. The third-order valence-electron chi connectivity index (χ3n) is 2.76. The zero-order valence-corrected chi connectivity index (χ0v) is 11.7. The van der Waals surface area contributed by atoms with Gasteiger partial charge in [-0.25, -0.2) is 0 Å². The highest BCUT2D eigenvalue weighted by molar-refractivity contribution is 7.99. The lowest BCUT2D eigenvalue weighted by Crippen LogP contribution is -2.48. The molecule has 2 N–H and O–H groups in total. The van der Waals surface area contributed by atoms with Gasteiger partial charge in [0.15, 0.2) is 0 Å². The Hall–Kier alpha value is -0.850. The number of benzene rings is 1. The third kappa shape index (κ3) is 4.97. The molecule has 0 atom stereocenters. The van der Waals surface area contributed by atoms with Gasteiger partial charge >= 0.3 is 0 Å². The summed E-state index contributed by atoms with van der Waals surface area (Å²) in [5.74, 6) is -2.09. The molecule has 1 amide bonds. The molecule has 1 saturated heterocycles. The van der Waals surface area contributed by atoms with E-state index in [4.69, 9.17) is 0 Å². The Morgan fingerprint density at radius 1 is 1.37 bits per heavy atom. The molecule has 3 nitrogen and oxygen atoms in total. The Kier molecular flexibility index (Phi) is 6.54. The van der Waals surface area contributed by atoms with Crippen molar-refractivity contribution in [2.75, 3.05) is 19.6 Å². The van der Waals surface area contributed by atoms with Gasteiger partial charge in [0, 0.05) is 36.0 Å². The minimum Gasteiger partial charge on any atom is -0.352 e. The Morgan fingerprint density at radius 2 is 2.00 bits per heavy atom. The van der Waals surface area contributed by atoms with Gasteiger partial charge in [-0.15, -0.1) is 12.4 Å². The van der Waals surface area contributed by atoms with Crippen molar-refractivity contribution in [3.8, 4) is 0 Å². The summed E-state index contributed by atoms with van der Waals surface area (Å²) in [5.41, 5.74) is 0.501. The van der Waals surface area contributed by atoms with Crippen LogP contribution in [0.25, 0.3) is 0 Å². The predicted octanol–water partition coefficient (Wildman–Crippen LogP) is 2.37. The lowest BCUT2D eigenvalue weighted by molar-refractivity contribution is 0.0942. The molecule has 7 heteroatoms. The fraction of sp³-hybridized carbons (Fsp3) is 0.417. The quantitative estimate of drug-likeness (QED) is 0.821. The highest BCUT2D eigenvalue weighted by Crippen LogP contribution is 2.25. The second kappa shape index (κ2) is 7.67. The second-order valence-electron chi connectivity index (χ2n) is 4.14. The van der Waals surface area contributed by atoms with Crippen molar-refractivity contribution < 1.29 is 13.6 Å². The molecule has 0 spiro atoms. The van der Waals surface area contributed by atoms with Crippen LogP contribution in [0, 0.1) is 5.92 Å². The maximum Gasteiger partial charge on any atom is 0.288 e. The van der Waals surface area contributed by atoms with Gasteiger partial charge in [0.25, 0.3) is 11.7 Å². The molecule has 19 heavy (non-hydrogen) atoms. The molecule has 1 aromatic rings. The molecule has 0 bridgehead atoms. The Morgan fingerprint density at radius 3 is 2.47 bits per heavy atom. The van der Waals surface area contributed by atoms with Crippen molar-refractivity contribution in [3.63, 3.8) is 0 Å². The summed E-state index contributed by atoms with van der Waals surface area (Å²) < 4.78 is 24.2. The molecule has 1 aliphatic heterocycles. The lowest BCUT2D eigenvalue weighted by atomic mass is 10.0. The smallest absolute Gasteiger partial charge is 0.288 e. The number of halogens is 3. The van der Waals surface area contributed by atoms with Gasteiger partial charge in [0.1, 0.15) is 0 Å². The summed E-state index contributed by atoms with van der Waals surface area (Å²) in [4.78, 5) is 12.2. The van der Waals surface area contributed by atoms with Gasteiger partial charge in [-0.3, -0.25) is 4.79 Å². The third-order valence-corrected chi connectivity index (χ3v) is 3.48. The van der Waals surface area contributed by atoms with Crippen molar-refractivity contribution in [1.29, 1.82) is 0 Å². The molecule has 1 fully saturated rings. The van der Waals surface area contributed by atoms with Crippen LogP contribution in [0.3, 0.4) is 0 Å². The molecule has 0 aromatic heterocycles. The summed E-state index contributed by atoms with van der Waals surface area (Å²) in [6.07, 6.45) is 0. The highest BCUT2D eigenvalue weighted by atomic mass is 35.5. The van der Waals surface area contributed by atoms with Gasteiger partial charge < -0.3 is 10.6 Å². The number of amides is 1. The Labute approximate surface area is 120 Å². The number of hydrogen-bond donors (Lipinski definition) is 2. The van der Waals surface area contributed by atoms with E-state index in [-0.39, 0.29) is 18.3 Å². The van der Waals surface area contributed by atoms with Crippen molar-refractivity contribution in [3.05, 3.63) is 29.8 Å². The monoisotopic (exact) mass is 308 g/mol. The maximum absolute atomic E-state index is 12.1. The van der Waals surface area contributed by atoms with Crippen LogP contribution in [0.15, 0.2) is 29.2 Å². The first-order chi connectivity index (χ1) is 8.65. The van der Waals surface area contributed by atoms with E-state index in [1.165, 1.54) is 12.1 Å². The van der Waals surface area contributed by atoms with Crippen LogP contribution in [-0.4, -0.2) is 31.3 Å². The molecular formula is C12H15ClF2N2OS. The van der Waals surface area contributed by atoms with Crippen LogP contribution < -0.4 is 10.6 Å². The summed E-state index contributed by atoms with van der Waals surface area (Å²) in [5, 5.41) is 5.95. The SMILES string of the molecule is Cl.O=C(NCC1CNC1)c1ccc(SC(F)F)cc1. The number of alkyl halides is 2. The number of thioether (sulfide) groups is 1. The maximum atomic E-state index is 12.1. The van der Waals surface area contributed by atoms with E-state index in [0.29, 0.717) is 34.7 Å². The van der Waals surface area contributed by atoms with E-state index in [9.17, 15) is 13.6 Å². The number of rotatable bonds is 5. The fourth-order valence-corrected chi connectivity index (χ4v) is 2.12. The van der Waals surface area contributed by atoms with E-state index >= 15 is 0 Å². The van der Waals surface area contributed by atoms with Crippen molar-refractivity contribution >= 4 is 30.1 Å². The average molecular weight is 309 g/mol. The van der Waals surface area contributed by atoms with Crippen LogP contribution in [0.1, 0.15) is 10.4 Å². The van der Waals surface area contributed by atoms with Crippen molar-refractivity contribution in [2.24, 2.45) is 5.92 Å². The molecule has 0 saturated carbocycles. The van der Waals surface area contributed by atoms with E-state index in [2.05, 4.69) is 10.6 Å². The van der Waals surface area contributed by atoms with E-state index in [1.807, 2.05) is 0 Å². The predicted molar refractivity (Wildman–Crippen MR) is 74.2 cm³/mol. The molecule has 1 heterocycles. The van der Waals surface area contributed by atoms with Crippen LogP contribution in [-0.2, 0) is 0 Å². The molecule has 0 aliphatic carbocycles. The Balaban J connectivity index is 0.00000180.